The molecule has 1 aromatic carbocycles. The van der Waals surface area contributed by atoms with E-state index in [1.807, 2.05) is 14.0 Å². The molecule has 102 valence electrons. The largest absolute Gasteiger partial charge is 0.313 e. The molecule has 3 heteroatoms. The molecule has 0 saturated carbocycles. The highest BCUT2D eigenvalue weighted by molar-refractivity contribution is 5.79. The Hall–Kier alpha value is -1.45. The van der Waals surface area contributed by atoms with Gasteiger partial charge in [-0.25, -0.2) is 0 Å². The predicted molar refractivity (Wildman–Crippen MR) is 81.5 cm³/mol. The van der Waals surface area contributed by atoms with Crippen molar-refractivity contribution in [2.45, 2.75) is 19.4 Å². The number of hydrogen-bond acceptors (Lipinski definition) is 3. The topological polar surface area (TPSA) is 28.2 Å². The summed E-state index contributed by atoms with van der Waals surface area (Å²) >= 11 is 0. The van der Waals surface area contributed by atoms with Gasteiger partial charge in [0.15, 0.2) is 0 Å². The van der Waals surface area contributed by atoms with Crippen LogP contribution in [-0.2, 0) is 0 Å². The minimum Gasteiger partial charge on any atom is -0.313 e. The van der Waals surface area contributed by atoms with E-state index in [1.54, 1.807) is 0 Å². The molecule has 0 spiro atoms. The van der Waals surface area contributed by atoms with Crippen molar-refractivity contribution in [3.63, 3.8) is 0 Å². The fourth-order valence-corrected chi connectivity index (χ4v) is 2.33. The average molecular weight is 257 g/mol. The fraction of sp³-hybridized carbons (Fsp3) is 0.438. The van der Waals surface area contributed by atoms with Gasteiger partial charge in [0.05, 0.1) is 5.52 Å². The van der Waals surface area contributed by atoms with Gasteiger partial charge in [-0.05, 0) is 64.8 Å². The number of rotatable bonds is 5. The third-order valence-electron chi connectivity index (χ3n) is 3.47. The Labute approximate surface area is 115 Å². The Morgan fingerprint density at radius 1 is 1.21 bits per heavy atom. The fourth-order valence-electron chi connectivity index (χ4n) is 2.33. The van der Waals surface area contributed by atoms with Crippen molar-refractivity contribution in [3.8, 4) is 0 Å². The third kappa shape index (κ3) is 3.52. The molecule has 2 aromatic rings. The number of pyridine rings is 1. The molecule has 0 bridgehead atoms. The lowest BCUT2D eigenvalue weighted by Crippen LogP contribution is -2.22. The van der Waals surface area contributed by atoms with Gasteiger partial charge in [0.25, 0.3) is 0 Å². The second kappa shape index (κ2) is 6.13. The van der Waals surface area contributed by atoms with Gasteiger partial charge in [-0.2, -0.15) is 0 Å². The van der Waals surface area contributed by atoms with E-state index in [0.29, 0.717) is 6.04 Å². The first-order chi connectivity index (χ1) is 9.10. The molecular formula is C16H23N3. The summed E-state index contributed by atoms with van der Waals surface area (Å²) in [4.78, 5) is 6.77. The molecule has 2 rings (SSSR count). The smallest absolute Gasteiger partial charge is 0.0705 e. The minimum atomic E-state index is 0.396. The zero-order valence-electron chi connectivity index (χ0n) is 12.3. The Morgan fingerprint density at radius 2 is 2.00 bits per heavy atom. The van der Waals surface area contributed by atoms with Gasteiger partial charge in [0.2, 0.25) is 0 Å². The molecule has 19 heavy (non-hydrogen) atoms. The lowest BCUT2D eigenvalue weighted by Gasteiger charge is -2.19. The zero-order valence-corrected chi connectivity index (χ0v) is 12.3. The number of aromatic nitrogens is 1. The second-order valence-corrected chi connectivity index (χ2v) is 5.34. The van der Waals surface area contributed by atoms with Crippen LogP contribution in [0.5, 0.6) is 0 Å². The van der Waals surface area contributed by atoms with Crippen LogP contribution in [0.1, 0.15) is 23.7 Å². The van der Waals surface area contributed by atoms with Gasteiger partial charge in [-0.3, -0.25) is 4.98 Å². The third-order valence-corrected chi connectivity index (χ3v) is 3.47. The zero-order chi connectivity index (χ0) is 13.8. The quantitative estimate of drug-likeness (QED) is 0.892. The molecule has 1 N–H and O–H groups in total. The maximum absolute atomic E-state index is 4.55. The normalized spacial score (nSPS) is 13.1. The van der Waals surface area contributed by atoms with E-state index in [-0.39, 0.29) is 0 Å². The molecule has 1 aromatic heterocycles. The first-order valence-electron chi connectivity index (χ1n) is 6.79. The number of fused-ring (bicyclic) bond motifs is 1. The van der Waals surface area contributed by atoms with Crippen molar-refractivity contribution >= 4 is 10.9 Å². The monoisotopic (exact) mass is 257 g/mol. The van der Waals surface area contributed by atoms with E-state index in [0.717, 1.165) is 24.2 Å². The molecule has 1 atom stereocenters. The number of nitrogens with one attached hydrogen (secondary N) is 1. The molecule has 0 amide bonds. The van der Waals surface area contributed by atoms with Gasteiger partial charge in [0.1, 0.15) is 0 Å². The summed E-state index contributed by atoms with van der Waals surface area (Å²) in [7, 11) is 6.25. The summed E-state index contributed by atoms with van der Waals surface area (Å²) in [5.41, 5.74) is 3.48. The van der Waals surface area contributed by atoms with Gasteiger partial charge < -0.3 is 10.2 Å². The molecule has 1 unspecified atom stereocenters. The minimum absolute atomic E-state index is 0.396. The molecule has 0 radical (unpaired) electrons. The van der Waals surface area contributed by atoms with Gasteiger partial charge >= 0.3 is 0 Å². The molecule has 0 aliphatic carbocycles. The van der Waals surface area contributed by atoms with Crippen LogP contribution in [0, 0.1) is 6.92 Å². The standard InChI is InChI=1S/C16H23N3/c1-12-5-6-14-11-13(7-8-16(14)18-12)15(17-2)9-10-19(3)4/h5-8,11,15,17H,9-10H2,1-4H3. The van der Waals surface area contributed by atoms with E-state index >= 15 is 0 Å². The highest BCUT2D eigenvalue weighted by atomic mass is 15.1. The van der Waals surface area contributed by atoms with Crippen LogP contribution in [0.3, 0.4) is 0 Å². The van der Waals surface area contributed by atoms with E-state index in [2.05, 4.69) is 59.6 Å². The maximum atomic E-state index is 4.55. The number of nitrogens with zero attached hydrogens (tertiary/aromatic N) is 2. The molecule has 0 saturated heterocycles. The predicted octanol–water partition coefficient (Wildman–Crippen LogP) is 2.76. The Kier molecular flexibility index (Phi) is 4.51. The van der Waals surface area contributed by atoms with E-state index < -0.39 is 0 Å². The van der Waals surface area contributed by atoms with E-state index in [9.17, 15) is 0 Å². The summed E-state index contributed by atoms with van der Waals surface area (Å²) in [5, 5.41) is 4.62. The highest BCUT2D eigenvalue weighted by Crippen LogP contribution is 2.21. The van der Waals surface area contributed by atoms with Gasteiger partial charge in [-0.1, -0.05) is 12.1 Å². The SMILES string of the molecule is CNC(CCN(C)C)c1ccc2nc(C)ccc2c1. The lowest BCUT2D eigenvalue weighted by atomic mass is 10.0. The van der Waals surface area contributed by atoms with Crippen LogP contribution in [0.25, 0.3) is 10.9 Å². The summed E-state index contributed by atoms with van der Waals surface area (Å²) in [5.74, 6) is 0. The first-order valence-corrected chi connectivity index (χ1v) is 6.79. The molecule has 0 aliphatic heterocycles. The van der Waals surface area contributed by atoms with Crippen molar-refractivity contribution in [3.05, 3.63) is 41.6 Å². The Bertz CT molecular complexity index is 549. The van der Waals surface area contributed by atoms with Crippen LogP contribution in [0.2, 0.25) is 0 Å². The summed E-state index contributed by atoms with van der Waals surface area (Å²) in [6.07, 6.45) is 1.11. The van der Waals surface area contributed by atoms with Crippen LogP contribution in [0.4, 0.5) is 0 Å². The van der Waals surface area contributed by atoms with Crippen LogP contribution in [-0.4, -0.2) is 37.6 Å². The average Bonchev–Trinajstić information content (AvgIpc) is 2.39. The van der Waals surface area contributed by atoms with E-state index in [1.165, 1.54) is 10.9 Å². The highest BCUT2D eigenvalue weighted by Gasteiger charge is 2.10. The number of aryl methyl sites for hydroxylation is 1. The maximum Gasteiger partial charge on any atom is 0.0705 e. The Morgan fingerprint density at radius 3 is 2.68 bits per heavy atom. The molecule has 1 heterocycles. The van der Waals surface area contributed by atoms with Crippen molar-refractivity contribution < 1.29 is 0 Å². The summed E-state index contributed by atoms with van der Waals surface area (Å²) < 4.78 is 0. The second-order valence-electron chi connectivity index (χ2n) is 5.34. The van der Waals surface area contributed by atoms with Crippen LogP contribution in [0.15, 0.2) is 30.3 Å². The van der Waals surface area contributed by atoms with Crippen molar-refractivity contribution in [1.82, 2.24) is 15.2 Å². The van der Waals surface area contributed by atoms with E-state index in [4.69, 9.17) is 0 Å². The van der Waals surface area contributed by atoms with Crippen LogP contribution >= 0.6 is 0 Å². The summed E-state index contributed by atoms with van der Waals surface area (Å²) in [6.45, 7) is 3.11. The van der Waals surface area contributed by atoms with Crippen molar-refractivity contribution in [1.29, 1.82) is 0 Å². The van der Waals surface area contributed by atoms with Crippen molar-refractivity contribution in [2.75, 3.05) is 27.7 Å². The van der Waals surface area contributed by atoms with Gasteiger partial charge in [0, 0.05) is 17.1 Å². The first kappa shape index (κ1) is 14.0. The molecule has 3 nitrogen and oxygen atoms in total. The Balaban J connectivity index is 2.25. The summed E-state index contributed by atoms with van der Waals surface area (Å²) in [6, 6.07) is 11.2. The lowest BCUT2D eigenvalue weighted by molar-refractivity contribution is 0.368. The molecule has 0 aliphatic rings. The molecular weight excluding hydrogens is 234 g/mol. The van der Waals surface area contributed by atoms with Gasteiger partial charge in [-0.15, -0.1) is 0 Å². The van der Waals surface area contributed by atoms with Crippen LogP contribution < -0.4 is 5.32 Å². The number of benzene rings is 1. The molecule has 0 fully saturated rings. The number of hydrogen-bond donors (Lipinski definition) is 1. The van der Waals surface area contributed by atoms with Crippen molar-refractivity contribution in [2.24, 2.45) is 0 Å².